The Morgan fingerprint density at radius 3 is 2.11 bits per heavy atom. The molecule has 0 radical (unpaired) electrons. The quantitative estimate of drug-likeness (QED) is 0.240. The lowest BCUT2D eigenvalue weighted by atomic mass is 10.0. The van der Waals surface area contributed by atoms with Gasteiger partial charge in [0.15, 0.2) is 11.5 Å². The molecule has 194 valence electrons. The number of aryl methyl sites for hydroxylation is 1. The molecular formula is C33H34N2O3. The molecule has 0 aliphatic heterocycles. The van der Waals surface area contributed by atoms with E-state index in [-0.39, 0.29) is 12.0 Å². The van der Waals surface area contributed by atoms with Crippen molar-refractivity contribution in [3.8, 4) is 22.6 Å². The van der Waals surface area contributed by atoms with Crippen molar-refractivity contribution >= 4 is 5.91 Å². The number of ether oxygens (including phenoxy) is 2. The highest BCUT2D eigenvalue weighted by Gasteiger charge is 2.21. The van der Waals surface area contributed by atoms with Gasteiger partial charge in [0, 0.05) is 31.0 Å². The van der Waals surface area contributed by atoms with Gasteiger partial charge in [0.25, 0.3) is 5.91 Å². The van der Waals surface area contributed by atoms with Crippen molar-refractivity contribution < 1.29 is 14.3 Å². The van der Waals surface area contributed by atoms with Crippen LogP contribution in [0.25, 0.3) is 11.1 Å². The summed E-state index contributed by atoms with van der Waals surface area (Å²) in [6.07, 6.45) is 8.27. The van der Waals surface area contributed by atoms with E-state index in [1.807, 2.05) is 59.5 Å². The zero-order valence-electron chi connectivity index (χ0n) is 22.1. The highest BCUT2D eigenvalue weighted by molar-refractivity contribution is 5.94. The largest absolute Gasteiger partial charge is 0.493 e. The second kappa shape index (κ2) is 12.0. The second-order valence-corrected chi connectivity index (χ2v) is 9.97. The Labute approximate surface area is 225 Å². The summed E-state index contributed by atoms with van der Waals surface area (Å²) in [4.78, 5) is 19.8. The van der Waals surface area contributed by atoms with E-state index >= 15 is 0 Å². The fourth-order valence-corrected chi connectivity index (χ4v) is 4.96. The molecule has 1 heterocycles. The number of pyridine rings is 1. The van der Waals surface area contributed by atoms with Gasteiger partial charge in [-0.15, -0.1) is 0 Å². The third-order valence-electron chi connectivity index (χ3n) is 7.12. The highest BCUT2D eigenvalue weighted by Crippen LogP contribution is 2.33. The minimum Gasteiger partial charge on any atom is -0.493 e. The van der Waals surface area contributed by atoms with Gasteiger partial charge >= 0.3 is 0 Å². The molecule has 0 unspecified atom stereocenters. The molecule has 1 aliphatic rings. The van der Waals surface area contributed by atoms with E-state index in [1.165, 1.54) is 18.4 Å². The van der Waals surface area contributed by atoms with Crippen LogP contribution in [0.15, 0.2) is 91.3 Å². The lowest BCUT2D eigenvalue weighted by molar-refractivity contribution is 0.0729. The monoisotopic (exact) mass is 506 g/mol. The van der Waals surface area contributed by atoms with Crippen molar-refractivity contribution in [2.24, 2.45) is 0 Å². The van der Waals surface area contributed by atoms with Crippen LogP contribution in [0, 0.1) is 6.92 Å². The predicted molar refractivity (Wildman–Crippen MR) is 150 cm³/mol. The summed E-state index contributed by atoms with van der Waals surface area (Å²) in [6.45, 7) is 3.01. The minimum atomic E-state index is -0.0219. The third kappa shape index (κ3) is 6.23. The van der Waals surface area contributed by atoms with Gasteiger partial charge in [-0.1, -0.05) is 48.0 Å². The molecule has 1 aromatic heterocycles. The maximum absolute atomic E-state index is 13.8. The van der Waals surface area contributed by atoms with E-state index in [1.54, 1.807) is 19.5 Å². The van der Waals surface area contributed by atoms with E-state index in [0.717, 1.165) is 46.6 Å². The number of methoxy groups -OCH3 is 1. The predicted octanol–water partition coefficient (Wildman–Crippen LogP) is 7.23. The van der Waals surface area contributed by atoms with Crippen LogP contribution in [-0.2, 0) is 13.1 Å². The van der Waals surface area contributed by atoms with E-state index in [0.29, 0.717) is 18.7 Å². The number of hydrogen-bond acceptors (Lipinski definition) is 4. The van der Waals surface area contributed by atoms with E-state index in [2.05, 4.69) is 36.2 Å². The molecule has 0 N–H and O–H groups in total. The summed E-state index contributed by atoms with van der Waals surface area (Å²) >= 11 is 0. The van der Waals surface area contributed by atoms with Crippen LogP contribution in [-0.4, -0.2) is 29.0 Å². The molecular weight excluding hydrogens is 472 g/mol. The average molecular weight is 507 g/mol. The number of nitrogens with zero attached hydrogens (tertiary/aromatic N) is 2. The van der Waals surface area contributed by atoms with Gasteiger partial charge < -0.3 is 14.4 Å². The minimum absolute atomic E-state index is 0.0219. The number of carbonyl (C=O) groups is 1. The Hall–Kier alpha value is -4.12. The van der Waals surface area contributed by atoms with Crippen LogP contribution in [0.2, 0.25) is 0 Å². The van der Waals surface area contributed by atoms with Gasteiger partial charge in [-0.2, -0.15) is 0 Å². The Kier molecular flexibility index (Phi) is 8.03. The summed E-state index contributed by atoms with van der Waals surface area (Å²) in [5.41, 5.74) is 6.13. The number of rotatable bonds is 9. The molecule has 5 rings (SSSR count). The number of amides is 1. The molecule has 38 heavy (non-hydrogen) atoms. The van der Waals surface area contributed by atoms with Crippen LogP contribution >= 0.6 is 0 Å². The molecule has 0 saturated heterocycles. The Bertz CT molecular complexity index is 1350. The number of benzene rings is 3. The second-order valence-electron chi connectivity index (χ2n) is 9.97. The van der Waals surface area contributed by atoms with E-state index < -0.39 is 0 Å². The molecule has 5 nitrogen and oxygen atoms in total. The molecule has 1 saturated carbocycles. The normalized spacial score (nSPS) is 13.3. The van der Waals surface area contributed by atoms with Crippen LogP contribution in [0.3, 0.4) is 0 Å². The zero-order chi connectivity index (χ0) is 26.3. The molecule has 1 amide bonds. The van der Waals surface area contributed by atoms with Gasteiger partial charge in [-0.05, 0) is 91.3 Å². The molecule has 4 aromatic rings. The van der Waals surface area contributed by atoms with Crippen molar-refractivity contribution in [1.82, 2.24) is 9.88 Å². The molecule has 3 aromatic carbocycles. The first kappa shape index (κ1) is 25.5. The first-order valence-electron chi connectivity index (χ1n) is 13.3. The molecule has 1 fully saturated rings. The van der Waals surface area contributed by atoms with Gasteiger partial charge in [0.05, 0.1) is 13.2 Å². The number of hydrogen-bond donors (Lipinski definition) is 0. The van der Waals surface area contributed by atoms with Crippen LogP contribution < -0.4 is 9.47 Å². The fraction of sp³-hybridized carbons (Fsp3) is 0.273. The van der Waals surface area contributed by atoms with E-state index in [4.69, 9.17) is 9.47 Å². The summed E-state index contributed by atoms with van der Waals surface area (Å²) in [5.74, 6) is 1.45. The Balaban J connectivity index is 1.39. The average Bonchev–Trinajstić information content (AvgIpc) is 3.47. The lowest BCUT2D eigenvalue weighted by Crippen LogP contribution is -2.30. The number of carbonyl (C=O) groups excluding carboxylic acids is 1. The van der Waals surface area contributed by atoms with Crippen molar-refractivity contribution in [2.75, 3.05) is 7.11 Å². The van der Waals surface area contributed by atoms with Gasteiger partial charge in [-0.25, -0.2) is 0 Å². The SMILES string of the molecule is COc1ccc(CN(Cc2ccncc2)C(=O)c2ccc(-c3ccc(C)cc3)cc2)cc1OC1CCCC1. The van der Waals surface area contributed by atoms with Gasteiger partial charge in [0.1, 0.15) is 0 Å². The first-order valence-corrected chi connectivity index (χ1v) is 13.3. The van der Waals surface area contributed by atoms with Crippen LogP contribution in [0.4, 0.5) is 0 Å². The Morgan fingerprint density at radius 1 is 0.816 bits per heavy atom. The van der Waals surface area contributed by atoms with E-state index in [9.17, 15) is 4.79 Å². The van der Waals surface area contributed by atoms with Crippen molar-refractivity contribution in [3.63, 3.8) is 0 Å². The lowest BCUT2D eigenvalue weighted by Gasteiger charge is -2.24. The zero-order valence-corrected chi connectivity index (χ0v) is 22.1. The van der Waals surface area contributed by atoms with Gasteiger partial charge in [-0.3, -0.25) is 9.78 Å². The summed E-state index contributed by atoms with van der Waals surface area (Å²) < 4.78 is 11.9. The van der Waals surface area contributed by atoms with Gasteiger partial charge in [0.2, 0.25) is 0 Å². The highest BCUT2D eigenvalue weighted by atomic mass is 16.5. The van der Waals surface area contributed by atoms with Crippen molar-refractivity contribution in [1.29, 1.82) is 0 Å². The molecule has 1 aliphatic carbocycles. The maximum atomic E-state index is 13.8. The number of aromatic nitrogens is 1. The first-order chi connectivity index (χ1) is 18.6. The standard InChI is InChI=1S/C33H34N2O3/c1-24-7-10-27(11-8-24)28-12-14-29(15-13-28)33(36)35(22-25-17-19-34-20-18-25)23-26-9-16-31(37-2)32(21-26)38-30-5-3-4-6-30/h7-21,30H,3-6,22-23H2,1-2H3. The summed E-state index contributed by atoms with van der Waals surface area (Å²) in [7, 11) is 1.66. The summed E-state index contributed by atoms with van der Waals surface area (Å²) in [5, 5.41) is 0. The van der Waals surface area contributed by atoms with Crippen LogP contribution in [0.1, 0.15) is 52.7 Å². The molecule has 0 spiro atoms. The van der Waals surface area contributed by atoms with Crippen molar-refractivity contribution in [2.45, 2.75) is 51.8 Å². The molecule has 0 atom stereocenters. The topological polar surface area (TPSA) is 51.7 Å². The smallest absolute Gasteiger partial charge is 0.254 e. The van der Waals surface area contributed by atoms with Crippen LogP contribution in [0.5, 0.6) is 11.5 Å². The summed E-state index contributed by atoms with van der Waals surface area (Å²) in [6, 6.07) is 26.1. The molecule has 0 bridgehead atoms. The Morgan fingerprint density at radius 2 is 1.45 bits per heavy atom. The molecule has 5 heteroatoms. The fourth-order valence-electron chi connectivity index (χ4n) is 4.96. The van der Waals surface area contributed by atoms with Crippen molar-refractivity contribution in [3.05, 3.63) is 114 Å². The maximum Gasteiger partial charge on any atom is 0.254 e. The third-order valence-corrected chi connectivity index (χ3v) is 7.12.